The van der Waals surface area contributed by atoms with E-state index in [1.807, 2.05) is 34.0 Å². The van der Waals surface area contributed by atoms with Crippen LogP contribution in [0.2, 0.25) is 0 Å². The van der Waals surface area contributed by atoms with Crippen LogP contribution >= 0.6 is 34.0 Å². The third-order valence-electron chi connectivity index (χ3n) is 13.2. The van der Waals surface area contributed by atoms with Crippen molar-refractivity contribution in [3.8, 4) is 27.9 Å². The first-order valence-electron chi connectivity index (χ1n) is 22.0. The maximum Gasteiger partial charge on any atom is 0.0548 e. The number of rotatable bonds is 6. The molecule has 14 aromatic rings. The van der Waals surface area contributed by atoms with Gasteiger partial charge in [0.15, 0.2) is 0 Å². The summed E-state index contributed by atoms with van der Waals surface area (Å²) < 4.78 is 10.4. The number of hydrogen-bond acceptors (Lipinski definition) is 4. The van der Waals surface area contributed by atoms with E-state index in [-0.39, 0.29) is 0 Å². The molecular formula is C60H36N2S3. The van der Waals surface area contributed by atoms with Crippen molar-refractivity contribution >= 4 is 133 Å². The molecule has 0 spiro atoms. The summed E-state index contributed by atoms with van der Waals surface area (Å²) in [7, 11) is 0. The quantitative estimate of drug-likeness (QED) is 0.162. The fourth-order valence-electron chi connectivity index (χ4n) is 10.2. The SMILES string of the molecule is c1ccc(-c2ccc(N(c3ccc(-c4ccccc4)cc3)c3ccc4sc5ccc(-n6c7ccc8sc9ccccc9c8c7c7c8c(ccc76)sc6ccccc68)cc5c4c3)cc2)cc1. The Kier molecular flexibility index (Phi) is 8.23. The van der Waals surface area contributed by atoms with Gasteiger partial charge in [0.2, 0.25) is 0 Å². The van der Waals surface area contributed by atoms with E-state index >= 15 is 0 Å². The molecule has 65 heavy (non-hydrogen) atoms. The third kappa shape index (κ3) is 5.76. The van der Waals surface area contributed by atoms with Crippen LogP contribution in [0.4, 0.5) is 17.1 Å². The molecule has 0 amide bonds. The second-order valence-electron chi connectivity index (χ2n) is 16.8. The van der Waals surface area contributed by atoms with Gasteiger partial charge in [0.1, 0.15) is 0 Å². The second kappa shape index (κ2) is 14.5. The van der Waals surface area contributed by atoms with Gasteiger partial charge < -0.3 is 9.47 Å². The molecule has 4 aromatic heterocycles. The van der Waals surface area contributed by atoms with Crippen molar-refractivity contribution < 1.29 is 0 Å². The van der Waals surface area contributed by atoms with Crippen molar-refractivity contribution in [2.45, 2.75) is 0 Å². The predicted molar refractivity (Wildman–Crippen MR) is 285 cm³/mol. The molecule has 14 rings (SSSR count). The lowest BCUT2D eigenvalue weighted by molar-refractivity contribution is 1.19. The van der Waals surface area contributed by atoms with Gasteiger partial charge in [-0.05, 0) is 119 Å². The van der Waals surface area contributed by atoms with Crippen LogP contribution < -0.4 is 4.90 Å². The molecule has 10 aromatic carbocycles. The zero-order chi connectivity index (χ0) is 42.6. The molecule has 0 bridgehead atoms. The number of fused-ring (bicyclic) bond motifs is 14. The minimum absolute atomic E-state index is 1.11. The highest BCUT2D eigenvalue weighted by Crippen LogP contribution is 2.49. The Labute approximate surface area is 386 Å². The average molecular weight is 881 g/mol. The molecule has 0 aliphatic rings. The van der Waals surface area contributed by atoms with Crippen molar-refractivity contribution in [2.75, 3.05) is 4.90 Å². The van der Waals surface area contributed by atoms with Gasteiger partial charge in [-0.25, -0.2) is 0 Å². The fraction of sp³-hybridized carbons (Fsp3) is 0. The van der Waals surface area contributed by atoms with Crippen LogP contribution in [-0.4, -0.2) is 4.57 Å². The Morgan fingerprint density at radius 3 is 1.22 bits per heavy atom. The molecule has 0 N–H and O–H groups in total. The average Bonchev–Trinajstić information content (AvgIpc) is 4.13. The minimum atomic E-state index is 1.11. The topological polar surface area (TPSA) is 8.17 Å². The lowest BCUT2D eigenvalue weighted by Gasteiger charge is -2.26. The van der Waals surface area contributed by atoms with Gasteiger partial charge in [-0.2, -0.15) is 0 Å². The van der Waals surface area contributed by atoms with E-state index in [0.29, 0.717) is 0 Å². The zero-order valence-electron chi connectivity index (χ0n) is 34.9. The number of hydrogen-bond donors (Lipinski definition) is 0. The van der Waals surface area contributed by atoms with E-state index in [2.05, 4.69) is 228 Å². The number of thiophene rings is 3. The van der Waals surface area contributed by atoms with Crippen molar-refractivity contribution in [1.82, 2.24) is 4.57 Å². The summed E-state index contributed by atoms with van der Waals surface area (Å²) in [6.45, 7) is 0. The van der Waals surface area contributed by atoms with E-state index in [9.17, 15) is 0 Å². The molecule has 0 unspecified atom stereocenters. The third-order valence-corrected chi connectivity index (χ3v) is 16.6. The number of anilines is 3. The summed E-state index contributed by atoms with van der Waals surface area (Å²) in [5, 5.41) is 10.6. The Balaban J connectivity index is 0.977. The van der Waals surface area contributed by atoms with Crippen LogP contribution in [0.1, 0.15) is 0 Å². The van der Waals surface area contributed by atoms with Crippen LogP contribution in [0.5, 0.6) is 0 Å². The van der Waals surface area contributed by atoms with Crippen LogP contribution in [0, 0.1) is 0 Å². The maximum absolute atomic E-state index is 2.53. The number of benzene rings is 10. The Hall–Kier alpha value is -7.54. The maximum atomic E-state index is 2.53. The zero-order valence-corrected chi connectivity index (χ0v) is 37.4. The van der Waals surface area contributed by atoms with Crippen molar-refractivity contribution in [2.24, 2.45) is 0 Å². The second-order valence-corrected chi connectivity index (χ2v) is 20.1. The standard InChI is InChI=1S/C60H36N2S3/c1-3-11-37(12-4-1)39-19-23-41(24-20-39)61(42-25-21-40(22-26-42)38-13-5-2-6-14-38)43-27-31-53-47(35-43)48-36-44(28-32-54(48)63-53)62-49-29-33-55-57(45-15-7-9-17-51(45)64-55)59(49)60-50(62)30-34-56-58(60)46-16-8-10-18-52(46)65-56/h1-36H. The molecule has 0 saturated heterocycles. The van der Waals surface area contributed by atoms with E-state index in [1.54, 1.807) is 0 Å². The van der Waals surface area contributed by atoms with Gasteiger partial charge in [-0.1, -0.05) is 121 Å². The summed E-state index contributed by atoms with van der Waals surface area (Å²) in [6, 6.07) is 80.6. The largest absolute Gasteiger partial charge is 0.310 e. The molecule has 2 nitrogen and oxygen atoms in total. The molecule has 0 radical (unpaired) electrons. The summed E-state index contributed by atoms with van der Waals surface area (Å²) >= 11 is 5.66. The van der Waals surface area contributed by atoms with E-state index < -0.39 is 0 Å². The normalized spacial score (nSPS) is 12.0. The van der Waals surface area contributed by atoms with Gasteiger partial charge in [-0.15, -0.1) is 34.0 Å². The van der Waals surface area contributed by atoms with E-state index in [0.717, 1.165) is 17.1 Å². The van der Waals surface area contributed by atoms with E-state index in [4.69, 9.17) is 0 Å². The van der Waals surface area contributed by atoms with E-state index in [1.165, 1.54) is 110 Å². The molecule has 0 atom stereocenters. The van der Waals surface area contributed by atoms with Crippen molar-refractivity contribution in [1.29, 1.82) is 0 Å². The van der Waals surface area contributed by atoms with Gasteiger partial charge in [0, 0.05) is 94.0 Å². The predicted octanol–water partition coefficient (Wildman–Crippen LogP) is 18.7. The van der Waals surface area contributed by atoms with Crippen molar-refractivity contribution in [3.63, 3.8) is 0 Å². The first kappa shape index (κ1) is 36.9. The lowest BCUT2D eigenvalue weighted by atomic mass is 10.0. The first-order valence-corrected chi connectivity index (χ1v) is 24.4. The van der Waals surface area contributed by atoms with Crippen molar-refractivity contribution in [3.05, 3.63) is 218 Å². The van der Waals surface area contributed by atoms with Gasteiger partial charge in [0.25, 0.3) is 0 Å². The summed E-state index contributed by atoms with van der Waals surface area (Å²) in [5.41, 5.74) is 11.8. The first-order chi connectivity index (χ1) is 32.2. The highest BCUT2D eigenvalue weighted by molar-refractivity contribution is 7.27. The van der Waals surface area contributed by atoms with Crippen LogP contribution in [0.25, 0.3) is 110 Å². The highest BCUT2D eigenvalue weighted by atomic mass is 32.1. The molecular weight excluding hydrogens is 845 g/mol. The van der Waals surface area contributed by atoms with Crippen LogP contribution in [-0.2, 0) is 0 Å². The highest BCUT2D eigenvalue weighted by Gasteiger charge is 2.23. The van der Waals surface area contributed by atoms with Gasteiger partial charge >= 0.3 is 0 Å². The summed E-state index contributed by atoms with van der Waals surface area (Å²) in [6.07, 6.45) is 0. The lowest BCUT2D eigenvalue weighted by Crippen LogP contribution is -2.09. The number of aromatic nitrogens is 1. The molecule has 0 fully saturated rings. The molecule has 4 heterocycles. The number of nitrogens with zero attached hydrogens (tertiary/aromatic N) is 2. The smallest absolute Gasteiger partial charge is 0.0548 e. The minimum Gasteiger partial charge on any atom is -0.310 e. The summed E-state index contributed by atoms with van der Waals surface area (Å²) in [5.74, 6) is 0. The molecule has 0 aliphatic carbocycles. The van der Waals surface area contributed by atoms with Crippen LogP contribution in [0.15, 0.2) is 218 Å². The summed E-state index contributed by atoms with van der Waals surface area (Å²) in [4.78, 5) is 2.40. The molecule has 0 saturated carbocycles. The van der Waals surface area contributed by atoms with Gasteiger partial charge in [0.05, 0.1) is 11.0 Å². The Morgan fingerprint density at radius 1 is 0.277 bits per heavy atom. The Bertz CT molecular complexity index is 3950. The van der Waals surface area contributed by atoms with Gasteiger partial charge in [-0.3, -0.25) is 0 Å². The Morgan fingerprint density at radius 2 is 0.677 bits per heavy atom. The van der Waals surface area contributed by atoms with Crippen LogP contribution in [0.3, 0.4) is 0 Å². The monoisotopic (exact) mass is 880 g/mol. The fourth-order valence-corrected chi connectivity index (χ4v) is 13.5. The molecule has 0 aliphatic heterocycles. The molecule has 5 heteroatoms. The molecule has 304 valence electrons.